The van der Waals surface area contributed by atoms with Crippen molar-refractivity contribution in [1.82, 2.24) is 4.98 Å². The number of aryl methyl sites for hydroxylation is 1. The molecule has 0 bridgehead atoms. The Morgan fingerprint density at radius 3 is 2.75 bits per heavy atom. The SMILES string of the molecule is COC(=O)c1nc(Nc2ccc(OC)c(F)c2)sc1C. The number of carbonyl (C=O) groups excluding carboxylic acids is 1. The number of anilines is 2. The van der Waals surface area contributed by atoms with E-state index in [0.29, 0.717) is 10.8 Å². The number of aromatic nitrogens is 1. The van der Waals surface area contributed by atoms with Gasteiger partial charge in [0.05, 0.1) is 14.2 Å². The molecule has 0 aliphatic carbocycles. The van der Waals surface area contributed by atoms with Gasteiger partial charge in [-0.15, -0.1) is 11.3 Å². The normalized spacial score (nSPS) is 10.2. The molecular formula is C13H13FN2O3S. The zero-order valence-electron chi connectivity index (χ0n) is 11.2. The number of methoxy groups -OCH3 is 2. The van der Waals surface area contributed by atoms with Crippen molar-refractivity contribution in [3.05, 3.63) is 34.6 Å². The van der Waals surface area contributed by atoms with E-state index in [2.05, 4.69) is 15.0 Å². The third-order valence-corrected chi connectivity index (χ3v) is 3.46. The van der Waals surface area contributed by atoms with Crippen LogP contribution in [0.4, 0.5) is 15.2 Å². The van der Waals surface area contributed by atoms with E-state index >= 15 is 0 Å². The van der Waals surface area contributed by atoms with Gasteiger partial charge in [-0.3, -0.25) is 0 Å². The van der Waals surface area contributed by atoms with Crippen LogP contribution in [0.5, 0.6) is 5.75 Å². The number of rotatable bonds is 4. The molecule has 20 heavy (non-hydrogen) atoms. The van der Waals surface area contributed by atoms with Gasteiger partial charge in [-0.25, -0.2) is 14.2 Å². The Hall–Kier alpha value is -2.15. The number of hydrogen-bond donors (Lipinski definition) is 1. The van der Waals surface area contributed by atoms with E-state index in [1.807, 2.05) is 0 Å². The lowest BCUT2D eigenvalue weighted by molar-refractivity contribution is 0.0594. The summed E-state index contributed by atoms with van der Waals surface area (Å²) >= 11 is 1.29. The highest BCUT2D eigenvalue weighted by atomic mass is 32.1. The molecule has 0 radical (unpaired) electrons. The fraction of sp³-hybridized carbons (Fsp3) is 0.231. The molecule has 2 rings (SSSR count). The standard InChI is InChI=1S/C13H13FN2O3S/c1-7-11(12(17)19-3)16-13(20-7)15-8-4-5-10(18-2)9(14)6-8/h4-6H,1-3H3,(H,15,16). The molecule has 0 fully saturated rings. The first-order valence-electron chi connectivity index (χ1n) is 5.71. The predicted octanol–water partition coefficient (Wildman–Crippen LogP) is 3.13. The van der Waals surface area contributed by atoms with E-state index in [1.165, 1.54) is 37.7 Å². The molecule has 0 saturated heterocycles. The molecule has 1 aromatic heterocycles. The maximum absolute atomic E-state index is 13.6. The van der Waals surface area contributed by atoms with Crippen LogP contribution in [0.2, 0.25) is 0 Å². The molecule has 0 aliphatic rings. The van der Waals surface area contributed by atoms with Crippen LogP contribution in [0, 0.1) is 12.7 Å². The van der Waals surface area contributed by atoms with E-state index < -0.39 is 11.8 Å². The van der Waals surface area contributed by atoms with Gasteiger partial charge in [-0.05, 0) is 19.1 Å². The van der Waals surface area contributed by atoms with Gasteiger partial charge in [-0.2, -0.15) is 0 Å². The molecule has 2 aromatic rings. The summed E-state index contributed by atoms with van der Waals surface area (Å²) in [4.78, 5) is 16.3. The number of esters is 1. The molecular weight excluding hydrogens is 283 g/mol. The summed E-state index contributed by atoms with van der Waals surface area (Å²) in [5.41, 5.74) is 0.780. The fourth-order valence-corrected chi connectivity index (χ4v) is 2.43. The van der Waals surface area contributed by atoms with E-state index in [4.69, 9.17) is 4.74 Å². The lowest BCUT2D eigenvalue weighted by Gasteiger charge is -2.05. The van der Waals surface area contributed by atoms with Gasteiger partial charge >= 0.3 is 5.97 Å². The topological polar surface area (TPSA) is 60.5 Å². The van der Waals surface area contributed by atoms with Gasteiger partial charge in [0, 0.05) is 16.6 Å². The monoisotopic (exact) mass is 296 g/mol. The number of halogens is 1. The molecule has 7 heteroatoms. The van der Waals surface area contributed by atoms with Crippen LogP contribution in [0.15, 0.2) is 18.2 Å². The van der Waals surface area contributed by atoms with Gasteiger partial charge in [0.1, 0.15) is 0 Å². The first kappa shape index (κ1) is 14.3. The van der Waals surface area contributed by atoms with Gasteiger partial charge in [0.15, 0.2) is 22.4 Å². The number of carbonyl (C=O) groups is 1. The zero-order valence-corrected chi connectivity index (χ0v) is 12.0. The summed E-state index contributed by atoms with van der Waals surface area (Å²) in [5, 5.41) is 3.43. The fourth-order valence-electron chi connectivity index (χ4n) is 1.60. The summed E-state index contributed by atoms with van der Waals surface area (Å²) in [6.07, 6.45) is 0. The lowest BCUT2D eigenvalue weighted by atomic mass is 10.3. The highest BCUT2D eigenvalue weighted by molar-refractivity contribution is 7.15. The number of thiazole rings is 1. The predicted molar refractivity (Wildman–Crippen MR) is 74.4 cm³/mol. The highest BCUT2D eigenvalue weighted by Crippen LogP contribution is 2.28. The van der Waals surface area contributed by atoms with Crippen molar-refractivity contribution in [3.8, 4) is 5.75 Å². The second-order valence-corrected chi connectivity index (χ2v) is 5.09. The number of ether oxygens (including phenoxy) is 2. The van der Waals surface area contributed by atoms with Crippen molar-refractivity contribution in [2.24, 2.45) is 0 Å². The van der Waals surface area contributed by atoms with E-state index in [0.717, 1.165) is 4.88 Å². The second-order valence-electron chi connectivity index (χ2n) is 3.89. The molecule has 0 atom stereocenters. The number of benzene rings is 1. The minimum absolute atomic E-state index is 0.168. The Balaban J connectivity index is 2.22. The van der Waals surface area contributed by atoms with Crippen molar-refractivity contribution in [2.45, 2.75) is 6.92 Å². The number of hydrogen-bond acceptors (Lipinski definition) is 6. The van der Waals surface area contributed by atoms with Crippen LogP contribution in [0.3, 0.4) is 0 Å². The van der Waals surface area contributed by atoms with E-state index in [9.17, 15) is 9.18 Å². The van der Waals surface area contributed by atoms with Gasteiger partial charge in [0.2, 0.25) is 0 Å². The van der Waals surface area contributed by atoms with Crippen LogP contribution in [-0.4, -0.2) is 25.2 Å². The third-order valence-electron chi connectivity index (χ3n) is 2.58. The summed E-state index contributed by atoms with van der Waals surface area (Å²) in [7, 11) is 2.70. The van der Waals surface area contributed by atoms with Crippen LogP contribution in [-0.2, 0) is 4.74 Å². The Morgan fingerprint density at radius 2 is 2.15 bits per heavy atom. The third kappa shape index (κ3) is 2.88. The van der Waals surface area contributed by atoms with Gasteiger partial charge < -0.3 is 14.8 Å². The minimum Gasteiger partial charge on any atom is -0.494 e. The molecule has 0 saturated carbocycles. The summed E-state index contributed by atoms with van der Waals surface area (Å²) in [5.74, 6) is -0.798. The van der Waals surface area contributed by atoms with Crippen molar-refractivity contribution < 1.29 is 18.7 Å². The second kappa shape index (κ2) is 5.87. The van der Waals surface area contributed by atoms with E-state index in [-0.39, 0.29) is 11.4 Å². The van der Waals surface area contributed by atoms with Crippen LogP contribution in [0.25, 0.3) is 0 Å². The van der Waals surface area contributed by atoms with E-state index in [1.54, 1.807) is 13.0 Å². The molecule has 0 aliphatic heterocycles. The molecule has 1 aromatic carbocycles. The minimum atomic E-state index is -0.493. The number of nitrogens with one attached hydrogen (secondary N) is 1. The van der Waals surface area contributed by atoms with Crippen molar-refractivity contribution >= 4 is 28.1 Å². The van der Waals surface area contributed by atoms with Crippen LogP contribution < -0.4 is 10.1 Å². The van der Waals surface area contributed by atoms with Crippen molar-refractivity contribution in [3.63, 3.8) is 0 Å². The first-order chi connectivity index (χ1) is 9.55. The maximum Gasteiger partial charge on any atom is 0.357 e. The molecule has 1 heterocycles. The molecule has 0 amide bonds. The van der Waals surface area contributed by atoms with Gasteiger partial charge in [-0.1, -0.05) is 0 Å². The number of nitrogens with zero attached hydrogens (tertiary/aromatic N) is 1. The Labute approximate surface area is 119 Å². The molecule has 5 nitrogen and oxygen atoms in total. The van der Waals surface area contributed by atoms with Gasteiger partial charge in [0.25, 0.3) is 0 Å². The average Bonchev–Trinajstić information content (AvgIpc) is 2.79. The molecule has 106 valence electrons. The largest absolute Gasteiger partial charge is 0.494 e. The summed E-state index contributed by atoms with van der Waals surface area (Å²) < 4.78 is 23.0. The average molecular weight is 296 g/mol. The van der Waals surface area contributed by atoms with Crippen molar-refractivity contribution in [1.29, 1.82) is 0 Å². The Morgan fingerprint density at radius 1 is 1.40 bits per heavy atom. The Kier molecular flexibility index (Phi) is 4.19. The summed E-state index contributed by atoms with van der Waals surface area (Å²) in [6, 6.07) is 4.48. The van der Waals surface area contributed by atoms with Crippen LogP contribution >= 0.6 is 11.3 Å². The quantitative estimate of drug-likeness (QED) is 0.878. The Bertz CT molecular complexity index is 643. The smallest absolute Gasteiger partial charge is 0.357 e. The highest BCUT2D eigenvalue weighted by Gasteiger charge is 2.16. The first-order valence-corrected chi connectivity index (χ1v) is 6.53. The summed E-state index contributed by atoms with van der Waals surface area (Å²) in [6.45, 7) is 1.77. The molecule has 0 unspecified atom stereocenters. The zero-order chi connectivity index (χ0) is 14.7. The van der Waals surface area contributed by atoms with Crippen LogP contribution in [0.1, 0.15) is 15.4 Å². The van der Waals surface area contributed by atoms with Crippen molar-refractivity contribution in [2.75, 3.05) is 19.5 Å². The lowest BCUT2D eigenvalue weighted by Crippen LogP contribution is -2.03. The molecule has 1 N–H and O–H groups in total. The molecule has 0 spiro atoms. The maximum atomic E-state index is 13.6.